The first-order valence-electron chi connectivity index (χ1n) is 6.11. The fraction of sp³-hybridized carbons (Fsp3) is 0.500. The Labute approximate surface area is 113 Å². The Balaban J connectivity index is 2.51. The Bertz CT molecular complexity index is 405. The summed E-state index contributed by atoms with van der Waals surface area (Å²) in [6.45, 7) is 4.54. The first-order valence-corrected chi connectivity index (χ1v) is 6.55. The minimum atomic E-state index is -0.0736. The Hall–Kier alpha value is -1.22. The zero-order chi connectivity index (χ0) is 13.5. The first kappa shape index (κ1) is 14.8. The van der Waals surface area contributed by atoms with Crippen molar-refractivity contribution in [2.75, 3.05) is 13.7 Å². The lowest BCUT2D eigenvalue weighted by atomic mass is 10.1. The van der Waals surface area contributed by atoms with E-state index in [0.717, 1.165) is 24.2 Å². The quantitative estimate of drug-likeness (QED) is 0.636. The smallest absolute Gasteiger partial charge is 0.251 e. The number of hydrogen-bond acceptors (Lipinski definition) is 2. The van der Waals surface area contributed by atoms with Gasteiger partial charge in [-0.3, -0.25) is 4.79 Å². The molecule has 0 aliphatic carbocycles. The van der Waals surface area contributed by atoms with Gasteiger partial charge >= 0.3 is 0 Å². The normalized spacial score (nSPS) is 12.0. The van der Waals surface area contributed by atoms with Gasteiger partial charge in [-0.1, -0.05) is 6.07 Å². The molecule has 1 aromatic rings. The van der Waals surface area contributed by atoms with E-state index in [1.807, 2.05) is 19.9 Å². The molecule has 0 aliphatic heterocycles. The molecule has 4 heteroatoms. The lowest BCUT2D eigenvalue weighted by molar-refractivity contribution is 0.0952. The maximum Gasteiger partial charge on any atom is 0.251 e. The van der Waals surface area contributed by atoms with Crippen LogP contribution in [-0.4, -0.2) is 24.9 Å². The van der Waals surface area contributed by atoms with Crippen molar-refractivity contribution in [1.29, 1.82) is 0 Å². The Morgan fingerprint density at radius 3 is 2.83 bits per heavy atom. The van der Waals surface area contributed by atoms with E-state index in [1.54, 1.807) is 19.2 Å². The average molecular weight is 270 g/mol. The topological polar surface area (TPSA) is 38.3 Å². The fourth-order valence-corrected chi connectivity index (χ4v) is 1.80. The van der Waals surface area contributed by atoms with Gasteiger partial charge in [0.05, 0.1) is 7.11 Å². The molecule has 0 bridgehead atoms. The van der Waals surface area contributed by atoms with E-state index in [1.165, 1.54) is 0 Å². The minimum Gasteiger partial charge on any atom is -0.496 e. The molecule has 0 fully saturated rings. The highest BCUT2D eigenvalue weighted by molar-refractivity contribution is 6.20. The van der Waals surface area contributed by atoms with Crippen LogP contribution in [0.3, 0.4) is 0 Å². The predicted molar refractivity (Wildman–Crippen MR) is 74.6 cm³/mol. The fourth-order valence-electron chi connectivity index (χ4n) is 1.65. The molecule has 0 radical (unpaired) electrons. The van der Waals surface area contributed by atoms with Crippen LogP contribution in [0.4, 0.5) is 0 Å². The molecule has 0 heterocycles. The minimum absolute atomic E-state index is 0.0736. The summed E-state index contributed by atoms with van der Waals surface area (Å²) in [6.07, 6.45) is 1.79. The number of alkyl halides is 1. The van der Waals surface area contributed by atoms with E-state index in [9.17, 15) is 4.79 Å². The largest absolute Gasteiger partial charge is 0.496 e. The molecule has 1 N–H and O–H groups in total. The van der Waals surface area contributed by atoms with Gasteiger partial charge in [0.15, 0.2) is 0 Å². The van der Waals surface area contributed by atoms with Gasteiger partial charge in [0.2, 0.25) is 0 Å². The van der Waals surface area contributed by atoms with Gasteiger partial charge in [0.1, 0.15) is 5.75 Å². The van der Waals surface area contributed by atoms with Crippen molar-refractivity contribution in [2.45, 2.75) is 32.1 Å². The number of amides is 1. The molecule has 0 aromatic heterocycles. The van der Waals surface area contributed by atoms with Crippen LogP contribution < -0.4 is 10.1 Å². The van der Waals surface area contributed by atoms with E-state index in [4.69, 9.17) is 16.3 Å². The summed E-state index contributed by atoms with van der Waals surface area (Å²) in [7, 11) is 1.60. The summed E-state index contributed by atoms with van der Waals surface area (Å²) in [5.74, 6) is 0.660. The number of aryl methyl sites for hydroxylation is 1. The van der Waals surface area contributed by atoms with Crippen LogP contribution in [0, 0.1) is 6.92 Å². The number of rotatable bonds is 6. The van der Waals surface area contributed by atoms with E-state index < -0.39 is 0 Å². The second-order valence-electron chi connectivity index (χ2n) is 4.36. The maximum absolute atomic E-state index is 11.9. The second kappa shape index (κ2) is 7.27. The van der Waals surface area contributed by atoms with Crippen molar-refractivity contribution in [3.8, 4) is 5.75 Å². The van der Waals surface area contributed by atoms with Gasteiger partial charge in [-0.05, 0) is 44.4 Å². The van der Waals surface area contributed by atoms with E-state index in [2.05, 4.69) is 5.32 Å². The zero-order valence-electron chi connectivity index (χ0n) is 11.1. The first-order chi connectivity index (χ1) is 8.54. The molecule has 0 saturated heterocycles. The number of hydrogen-bond donors (Lipinski definition) is 1. The van der Waals surface area contributed by atoms with E-state index >= 15 is 0 Å². The molecule has 0 spiro atoms. The summed E-state index contributed by atoms with van der Waals surface area (Å²) >= 11 is 5.84. The number of nitrogens with one attached hydrogen (secondary N) is 1. The summed E-state index contributed by atoms with van der Waals surface area (Å²) in [6, 6.07) is 5.45. The highest BCUT2D eigenvalue weighted by atomic mass is 35.5. The van der Waals surface area contributed by atoms with E-state index in [0.29, 0.717) is 12.1 Å². The van der Waals surface area contributed by atoms with Gasteiger partial charge in [-0.15, -0.1) is 11.6 Å². The Morgan fingerprint density at radius 1 is 1.50 bits per heavy atom. The van der Waals surface area contributed by atoms with Crippen molar-refractivity contribution in [2.24, 2.45) is 0 Å². The average Bonchev–Trinajstić information content (AvgIpc) is 2.34. The molecule has 100 valence electrons. The van der Waals surface area contributed by atoms with Gasteiger partial charge in [-0.25, -0.2) is 0 Å². The van der Waals surface area contributed by atoms with Crippen molar-refractivity contribution in [1.82, 2.24) is 5.32 Å². The molecule has 0 saturated carbocycles. The molecule has 1 unspecified atom stereocenters. The van der Waals surface area contributed by atoms with E-state index in [-0.39, 0.29) is 11.3 Å². The lowest BCUT2D eigenvalue weighted by Crippen LogP contribution is -2.24. The van der Waals surface area contributed by atoms with Crippen molar-refractivity contribution in [3.63, 3.8) is 0 Å². The molecular formula is C14H20ClNO2. The Morgan fingerprint density at radius 2 is 2.22 bits per heavy atom. The molecule has 3 nitrogen and oxygen atoms in total. The molecule has 1 atom stereocenters. The SMILES string of the molecule is COc1cc(C(=O)NCCCC(C)Cl)ccc1C. The maximum atomic E-state index is 11.9. The van der Waals surface area contributed by atoms with Crippen molar-refractivity contribution >= 4 is 17.5 Å². The number of carbonyl (C=O) groups excluding carboxylic acids is 1. The highest BCUT2D eigenvalue weighted by Crippen LogP contribution is 2.18. The molecule has 1 amide bonds. The number of carbonyl (C=O) groups is 1. The summed E-state index contributed by atoms with van der Waals surface area (Å²) < 4.78 is 5.20. The van der Waals surface area contributed by atoms with Crippen LogP contribution >= 0.6 is 11.6 Å². The molecule has 1 rings (SSSR count). The van der Waals surface area contributed by atoms with Crippen molar-refractivity contribution < 1.29 is 9.53 Å². The highest BCUT2D eigenvalue weighted by Gasteiger charge is 2.08. The van der Waals surface area contributed by atoms with Gasteiger partial charge in [-0.2, -0.15) is 0 Å². The monoisotopic (exact) mass is 269 g/mol. The van der Waals surface area contributed by atoms with Gasteiger partial charge in [0, 0.05) is 17.5 Å². The number of methoxy groups -OCH3 is 1. The lowest BCUT2D eigenvalue weighted by Gasteiger charge is -2.09. The molecular weight excluding hydrogens is 250 g/mol. The molecule has 1 aromatic carbocycles. The molecule has 18 heavy (non-hydrogen) atoms. The van der Waals surface area contributed by atoms with Crippen LogP contribution in [0.5, 0.6) is 5.75 Å². The second-order valence-corrected chi connectivity index (χ2v) is 5.11. The third-order valence-electron chi connectivity index (χ3n) is 2.73. The molecule has 0 aliphatic rings. The van der Waals surface area contributed by atoms with Crippen LogP contribution in [0.1, 0.15) is 35.7 Å². The third kappa shape index (κ3) is 4.57. The number of ether oxygens (including phenoxy) is 1. The summed E-state index contributed by atoms with van der Waals surface area (Å²) in [4.78, 5) is 11.9. The van der Waals surface area contributed by atoms with Gasteiger partial charge in [0.25, 0.3) is 5.91 Å². The van der Waals surface area contributed by atoms with Crippen molar-refractivity contribution in [3.05, 3.63) is 29.3 Å². The summed E-state index contributed by atoms with van der Waals surface area (Å²) in [5.41, 5.74) is 1.64. The number of benzene rings is 1. The standard InChI is InChI=1S/C14H20ClNO2/c1-10-6-7-12(9-13(10)18-3)14(17)16-8-4-5-11(2)15/h6-7,9,11H,4-5,8H2,1-3H3,(H,16,17). The predicted octanol–water partition coefficient (Wildman–Crippen LogP) is 3.14. The van der Waals surface area contributed by atoms with Crippen LogP contribution in [-0.2, 0) is 0 Å². The van der Waals surface area contributed by atoms with Gasteiger partial charge < -0.3 is 10.1 Å². The van der Waals surface area contributed by atoms with Crippen LogP contribution in [0.15, 0.2) is 18.2 Å². The van der Waals surface area contributed by atoms with Crippen LogP contribution in [0.25, 0.3) is 0 Å². The van der Waals surface area contributed by atoms with Crippen LogP contribution in [0.2, 0.25) is 0 Å². The Kier molecular flexibility index (Phi) is 5.99. The third-order valence-corrected chi connectivity index (χ3v) is 2.95. The summed E-state index contributed by atoms with van der Waals surface area (Å²) in [5, 5.41) is 3.03. The number of halogens is 1. The zero-order valence-corrected chi connectivity index (χ0v) is 11.9.